The van der Waals surface area contributed by atoms with Crippen LogP contribution in [-0.2, 0) is 9.59 Å². The summed E-state index contributed by atoms with van der Waals surface area (Å²) in [4.78, 5) is 39.7. The molecular weight excluding hydrogens is 410 g/mol. The number of carbonyl (C=O) groups excluding carboxylic acids is 2. The maximum absolute atomic E-state index is 13.0. The second-order valence-corrected chi connectivity index (χ2v) is 7.99. The third-order valence-corrected chi connectivity index (χ3v) is 5.62. The summed E-state index contributed by atoms with van der Waals surface area (Å²) < 4.78 is 0. The normalized spacial score (nSPS) is 17.6. The zero-order valence-corrected chi connectivity index (χ0v) is 18.4. The molecule has 1 saturated heterocycles. The second-order valence-electron chi connectivity index (χ2n) is 7.99. The topological polar surface area (TPSA) is 104 Å². The first-order valence-electron chi connectivity index (χ1n) is 10.6. The van der Waals surface area contributed by atoms with Crippen molar-refractivity contribution in [1.29, 1.82) is 0 Å². The number of rotatable bonds is 8. The van der Waals surface area contributed by atoms with Gasteiger partial charge in [0.2, 0.25) is 0 Å². The molecule has 32 heavy (non-hydrogen) atoms. The van der Waals surface area contributed by atoms with E-state index in [0.29, 0.717) is 6.54 Å². The second kappa shape index (κ2) is 9.64. The standard InChI is InChI=1S/C24H27N3O5/c1-4-5-6-15-26-21(16-7-11-18(12-8-16)25(2)3)20(23(29)24(26)30)22(28)17-9-13-19(14-10-17)27(31)32/h7-14,21,28H,4-6,15H2,1-3H3/b22-20-. The number of benzene rings is 2. The molecule has 3 rings (SSSR count). The van der Waals surface area contributed by atoms with Gasteiger partial charge in [-0.25, -0.2) is 0 Å². The lowest BCUT2D eigenvalue weighted by molar-refractivity contribution is -0.384. The monoisotopic (exact) mass is 437 g/mol. The lowest BCUT2D eigenvalue weighted by atomic mass is 9.95. The van der Waals surface area contributed by atoms with Gasteiger partial charge in [0.25, 0.3) is 17.4 Å². The molecule has 1 heterocycles. The number of nitrogens with zero attached hydrogens (tertiary/aromatic N) is 3. The Morgan fingerprint density at radius 3 is 2.22 bits per heavy atom. The number of amides is 1. The molecule has 0 aliphatic carbocycles. The summed E-state index contributed by atoms with van der Waals surface area (Å²) in [5, 5.41) is 21.9. The van der Waals surface area contributed by atoms with Crippen molar-refractivity contribution in [2.45, 2.75) is 32.2 Å². The molecule has 1 atom stereocenters. The average Bonchev–Trinajstić information content (AvgIpc) is 3.04. The van der Waals surface area contributed by atoms with Gasteiger partial charge in [0, 0.05) is 44.0 Å². The van der Waals surface area contributed by atoms with Gasteiger partial charge in [0.1, 0.15) is 5.76 Å². The minimum atomic E-state index is -0.751. The van der Waals surface area contributed by atoms with Crippen LogP contribution >= 0.6 is 0 Å². The first-order valence-corrected chi connectivity index (χ1v) is 10.6. The number of non-ortho nitro benzene ring substituents is 1. The molecule has 168 valence electrons. The highest BCUT2D eigenvalue weighted by Gasteiger charge is 2.45. The molecule has 0 radical (unpaired) electrons. The number of hydrogen-bond donors (Lipinski definition) is 1. The van der Waals surface area contributed by atoms with E-state index in [1.165, 1.54) is 29.2 Å². The fourth-order valence-electron chi connectivity index (χ4n) is 3.84. The highest BCUT2D eigenvalue weighted by Crippen LogP contribution is 2.40. The van der Waals surface area contributed by atoms with E-state index in [1.807, 2.05) is 43.3 Å². The first-order chi connectivity index (χ1) is 15.3. The minimum Gasteiger partial charge on any atom is -0.507 e. The number of likely N-dealkylation sites (tertiary alicyclic amines) is 1. The van der Waals surface area contributed by atoms with Gasteiger partial charge in [-0.3, -0.25) is 19.7 Å². The summed E-state index contributed by atoms with van der Waals surface area (Å²) in [5.41, 5.74) is 1.80. The zero-order chi connectivity index (χ0) is 23.4. The smallest absolute Gasteiger partial charge is 0.295 e. The lowest BCUT2D eigenvalue weighted by Crippen LogP contribution is -2.30. The number of ketones is 1. The number of nitro benzene ring substituents is 1. The van der Waals surface area contributed by atoms with Crippen LogP contribution in [0.5, 0.6) is 0 Å². The van der Waals surface area contributed by atoms with Crippen molar-refractivity contribution in [3.8, 4) is 0 Å². The van der Waals surface area contributed by atoms with Gasteiger partial charge in [-0.2, -0.15) is 0 Å². The SMILES string of the molecule is CCCCCN1C(=O)C(=O)/C(=C(\O)c2ccc([N+](=O)[O-])cc2)C1c1ccc(N(C)C)cc1. The molecule has 0 bridgehead atoms. The summed E-state index contributed by atoms with van der Waals surface area (Å²) in [6.45, 7) is 2.45. The Morgan fingerprint density at radius 1 is 1.06 bits per heavy atom. The van der Waals surface area contributed by atoms with E-state index in [-0.39, 0.29) is 22.6 Å². The molecule has 1 N–H and O–H groups in total. The third kappa shape index (κ3) is 4.49. The van der Waals surface area contributed by atoms with Gasteiger partial charge in [-0.1, -0.05) is 31.9 Å². The van der Waals surface area contributed by atoms with E-state index in [0.717, 1.165) is 30.5 Å². The van der Waals surface area contributed by atoms with Gasteiger partial charge in [0.05, 0.1) is 16.5 Å². The minimum absolute atomic E-state index is 0.00189. The fraction of sp³-hybridized carbons (Fsp3) is 0.333. The highest BCUT2D eigenvalue weighted by molar-refractivity contribution is 6.46. The number of carbonyl (C=O) groups is 2. The van der Waals surface area contributed by atoms with Gasteiger partial charge < -0.3 is 14.9 Å². The number of unbranched alkanes of at least 4 members (excludes halogenated alkanes) is 2. The van der Waals surface area contributed by atoms with Crippen LogP contribution in [-0.4, -0.2) is 47.3 Å². The van der Waals surface area contributed by atoms with E-state index < -0.39 is 22.7 Å². The maximum atomic E-state index is 13.0. The largest absolute Gasteiger partial charge is 0.507 e. The van der Waals surface area contributed by atoms with Gasteiger partial charge in [0.15, 0.2) is 0 Å². The Morgan fingerprint density at radius 2 is 1.69 bits per heavy atom. The van der Waals surface area contributed by atoms with Crippen molar-refractivity contribution in [3.63, 3.8) is 0 Å². The van der Waals surface area contributed by atoms with Crippen LogP contribution in [0.2, 0.25) is 0 Å². The predicted molar refractivity (Wildman–Crippen MR) is 122 cm³/mol. The van der Waals surface area contributed by atoms with E-state index in [9.17, 15) is 24.8 Å². The van der Waals surface area contributed by atoms with Crippen molar-refractivity contribution < 1.29 is 19.6 Å². The molecule has 8 nitrogen and oxygen atoms in total. The number of aliphatic hydroxyl groups excluding tert-OH is 1. The van der Waals surface area contributed by atoms with Gasteiger partial charge >= 0.3 is 0 Å². The molecule has 1 amide bonds. The lowest BCUT2D eigenvalue weighted by Gasteiger charge is -2.26. The first kappa shape index (κ1) is 23.0. The van der Waals surface area contributed by atoms with Gasteiger partial charge in [-0.05, 0) is 36.2 Å². The molecular formula is C24H27N3O5. The molecule has 1 aliphatic rings. The third-order valence-electron chi connectivity index (χ3n) is 5.62. The summed E-state index contributed by atoms with van der Waals surface area (Å²) in [6, 6.07) is 12.0. The Kier molecular flexibility index (Phi) is 6.92. The summed E-state index contributed by atoms with van der Waals surface area (Å²) in [7, 11) is 3.83. The Hall–Kier alpha value is -3.68. The van der Waals surface area contributed by atoms with Gasteiger partial charge in [-0.15, -0.1) is 0 Å². The molecule has 1 unspecified atom stereocenters. The summed E-state index contributed by atoms with van der Waals surface area (Å²) in [5.74, 6) is -1.73. The molecule has 2 aromatic carbocycles. The molecule has 1 fully saturated rings. The van der Waals surface area contributed by atoms with Crippen LogP contribution in [0, 0.1) is 10.1 Å². The molecule has 0 saturated carbocycles. The van der Waals surface area contributed by atoms with Crippen LogP contribution in [0.3, 0.4) is 0 Å². The Labute approximate surface area is 186 Å². The van der Waals surface area contributed by atoms with Crippen molar-refractivity contribution in [1.82, 2.24) is 4.90 Å². The Balaban J connectivity index is 2.09. The molecule has 1 aliphatic heterocycles. The van der Waals surface area contributed by atoms with Crippen molar-refractivity contribution in [2.75, 3.05) is 25.5 Å². The number of nitro groups is 1. The number of hydrogen-bond acceptors (Lipinski definition) is 6. The molecule has 8 heteroatoms. The van der Waals surface area contributed by atoms with Crippen molar-refractivity contribution in [3.05, 3.63) is 75.3 Å². The Bertz CT molecular complexity index is 1040. The van der Waals surface area contributed by atoms with E-state index in [1.54, 1.807) is 0 Å². The molecule has 2 aromatic rings. The number of anilines is 1. The molecule has 0 aromatic heterocycles. The zero-order valence-electron chi connectivity index (χ0n) is 18.4. The number of aliphatic hydroxyl groups is 1. The average molecular weight is 437 g/mol. The van der Waals surface area contributed by atoms with Crippen molar-refractivity contribution >= 4 is 28.8 Å². The van der Waals surface area contributed by atoms with Crippen LogP contribution in [0.25, 0.3) is 5.76 Å². The predicted octanol–water partition coefficient (Wildman–Crippen LogP) is 4.27. The van der Waals surface area contributed by atoms with Crippen LogP contribution in [0.15, 0.2) is 54.1 Å². The summed E-state index contributed by atoms with van der Waals surface area (Å²) in [6.07, 6.45) is 2.62. The molecule has 0 spiro atoms. The van der Waals surface area contributed by atoms with Crippen LogP contribution < -0.4 is 4.90 Å². The van der Waals surface area contributed by atoms with E-state index in [2.05, 4.69) is 6.92 Å². The number of Topliss-reactive ketones (excluding diaryl/α,β-unsaturated/α-hetero) is 1. The summed E-state index contributed by atoms with van der Waals surface area (Å²) >= 11 is 0. The fourth-order valence-corrected chi connectivity index (χ4v) is 3.84. The van der Waals surface area contributed by atoms with E-state index in [4.69, 9.17) is 0 Å². The van der Waals surface area contributed by atoms with Crippen molar-refractivity contribution in [2.24, 2.45) is 0 Å². The van der Waals surface area contributed by atoms with Crippen LogP contribution in [0.4, 0.5) is 11.4 Å². The van der Waals surface area contributed by atoms with E-state index >= 15 is 0 Å². The highest BCUT2D eigenvalue weighted by atomic mass is 16.6. The van der Waals surface area contributed by atoms with Crippen LogP contribution in [0.1, 0.15) is 43.4 Å². The quantitative estimate of drug-likeness (QED) is 0.165. The maximum Gasteiger partial charge on any atom is 0.295 e.